The van der Waals surface area contributed by atoms with E-state index in [1.165, 1.54) is 0 Å². The molecule has 1 aliphatic rings. The average molecular weight is 331 g/mol. The van der Waals surface area contributed by atoms with Gasteiger partial charge in [-0.2, -0.15) is 5.10 Å². The van der Waals surface area contributed by atoms with Crippen molar-refractivity contribution in [3.63, 3.8) is 0 Å². The number of hydrogen-bond acceptors (Lipinski definition) is 5. The van der Waals surface area contributed by atoms with Crippen LogP contribution in [0.25, 0.3) is 15.6 Å². The smallest absolute Gasteiger partial charge is 0.307 e. The average Bonchev–Trinajstić information content (AvgIpc) is 2.90. The quantitative estimate of drug-likeness (QED) is 0.794. The molecule has 1 saturated carbocycles. The topological polar surface area (TPSA) is 68.0 Å². The summed E-state index contributed by atoms with van der Waals surface area (Å²) in [6.07, 6.45) is 4.51. The summed E-state index contributed by atoms with van der Waals surface area (Å²) < 4.78 is 1.80. The van der Waals surface area contributed by atoms with E-state index in [0.29, 0.717) is 0 Å². The number of thiophene rings is 1. The van der Waals surface area contributed by atoms with E-state index >= 15 is 0 Å². The van der Waals surface area contributed by atoms with E-state index in [-0.39, 0.29) is 11.8 Å². The zero-order valence-electron chi connectivity index (χ0n) is 11.8. The molecule has 2 atom stereocenters. The molecule has 22 heavy (non-hydrogen) atoms. The maximum atomic E-state index is 11.0. The van der Waals surface area contributed by atoms with Crippen LogP contribution >= 0.6 is 22.7 Å². The molecule has 0 saturated heterocycles. The lowest BCUT2D eigenvalue weighted by molar-refractivity contribution is -0.138. The van der Waals surface area contributed by atoms with Crippen LogP contribution in [0.2, 0.25) is 0 Å². The Morgan fingerprint density at radius 1 is 1.45 bits per heavy atom. The van der Waals surface area contributed by atoms with Crippen molar-refractivity contribution in [2.24, 2.45) is 5.92 Å². The normalized spacial score (nSPS) is 20.2. The molecule has 112 valence electrons. The molecule has 0 radical (unpaired) electrons. The van der Waals surface area contributed by atoms with Gasteiger partial charge in [-0.3, -0.25) is 4.79 Å². The first-order chi connectivity index (χ1) is 10.6. The third-order valence-electron chi connectivity index (χ3n) is 3.94. The Bertz CT molecular complexity index is 835. The number of thiazole rings is 1. The van der Waals surface area contributed by atoms with E-state index in [2.05, 4.69) is 21.5 Å². The third-order valence-corrected chi connectivity index (χ3v) is 5.68. The lowest BCUT2D eigenvalue weighted by atomic mass is 10.1. The first-order valence-electron chi connectivity index (χ1n) is 6.91. The molecule has 5 nitrogen and oxygen atoms in total. The number of carboxylic acids is 1. The summed E-state index contributed by atoms with van der Waals surface area (Å²) in [6.45, 7) is 1.98. The number of rotatable bonds is 4. The minimum absolute atomic E-state index is 0.178. The molecule has 0 bridgehead atoms. The Balaban J connectivity index is 1.63. The summed E-state index contributed by atoms with van der Waals surface area (Å²) in [7, 11) is 0. The Morgan fingerprint density at radius 3 is 3.00 bits per heavy atom. The van der Waals surface area contributed by atoms with Crippen molar-refractivity contribution < 1.29 is 9.90 Å². The van der Waals surface area contributed by atoms with Crippen LogP contribution in [0.1, 0.15) is 23.6 Å². The summed E-state index contributed by atoms with van der Waals surface area (Å²) >= 11 is 3.19. The number of carboxylic acid groups (broad SMARTS) is 1. The van der Waals surface area contributed by atoms with Crippen LogP contribution in [0, 0.1) is 12.8 Å². The Hall–Kier alpha value is -1.99. The summed E-state index contributed by atoms with van der Waals surface area (Å²) in [5.41, 5.74) is 3.17. The van der Waals surface area contributed by atoms with Gasteiger partial charge in [-0.1, -0.05) is 0 Å². The fourth-order valence-corrected chi connectivity index (χ4v) is 4.26. The van der Waals surface area contributed by atoms with Crippen LogP contribution in [0.5, 0.6) is 0 Å². The predicted octanol–water partition coefficient (Wildman–Crippen LogP) is 3.55. The maximum absolute atomic E-state index is 11.0. The molecule has 0 aliphatic heterocycles. The van der Waals surface area contributed by atoms with Gasteiger partial charge in [0, 0.05) is 28.2 Å². The first kappa shape index (κ1) is 13.7. The molecular weight excluding hydrogens is 318 g/mol. The molecule has 1 aliphatic carbocycles. The number of hydrogen-bond donors (Lipinski definition) is 1. The van der Waals surface area contributed by atoms with Gasteiger partial charge in [-0.25, -0.2) is 9.67 Å². The summed E-state index contributed by atoms with van der Waals surface area (Å²) in [6, 6.07) is 2.11. The Morgan fingerprint density at radius 2 is 2.32 bits per heavy atom. The van der Waals surface area contributed by atoms with Crippen molar-refractivity contribution in [3.05, 3.63) is 40.5 Å². The van der Waals surface area contributed by atoms with Gasteiger partial charge in [0.2, 0.25) is 5.13 Å². The van der Waals surface area contributed by atoms with Crippen LogP contribution in [0.3, 0.4) is 0 Å². The van der Waals surface area contributed by atoms with E-state index in [1.54, 1.807) is 33.6 Å². The maximum Gasteiger partial charge on any atom is 0.307 e. The van der Waals surface area contributed by atoms with Gasteiger partial charge < -0.3 is 5.11 Å². The minimum Gasteiger partial charge on any atom is -0.481 e. The molecular formula is C15H13N3O2S2. The molecule has 3 aromatic rings. The van der Waals surface area contributed by atoms with E-state index < -0.39 is 5.97 Å². The fraction of sp³-hybridized carbons (Fsp3) is 0.267. The number of nitrogens with zero attached hydrogens (tertiary/aromatic N) is 3. The Labute approximate surface area is 134 Å². The number of aryl methyl sites for hydroxylation is 1. The van der Waals surface area contributed by atoms with Gasteiger partial charge in [-0.05, 0) is 36.3 Å². The van der Waals surface area contributed by atoms with Crippen LogP contribution in [-0.2, 0) is 4.79 Å². The Kier molecular flexibility index (Phi) is 3.12. The van der Waals surface area contributed by atoms with Gasteiger partial charge in [0.15, 0.2) is 0 Å². The zero-order valence-corrected chi connectivity index (χ0v) is 13.4. The first-order valence-corrected chi connectivity index (χ1v) is 8.67. The monoisotopic (exact) mass is 331 g/mol. The summed E-state index contributed by atoms with van der Waals surface area (Å²) in [5, 5.41) is 18.4. The van der Waals surface area contributed by atoms with Crippen molar-refractivity contribution in [3.8, 4) is 15.6 Å². The fourth-order valence-electron chi connectivity index (χ4n) is 2.65. The van der Waals surface area contributed by atoms with Crippen LogP contribution in [0.4, 0.5) is 0 Å². The highest BCUT2D eigenvalue weighted by atomic mass is 32.1. The molecule has 3 aromatic heterocycles. The molecule has 1 N–H and O–H groups in total. The van der Waals surface area contributed by atoms with Crippen molar-refractivity contribution in [1.82, 2.24) is 14.8 Å². The molecule has 0 amide bonds. The largest absolute Gasteiger partial charge is 0.481 e. The van der Waals surface area contributed by atoms with E-state index in [1.807, 2.05) is 18.5 Å². The lowest BCUT2D eigenvalue weighted by Gasteiger charge is -1.93. The van der Waals surface area contributed by atoms with Crippen LogP contribution in [-0.4, -0.2) is 25.8 Å². The molecule has 0 aromatic carbocycles. The highest BCUT2D eigenvalue weighted by Crippen LogP contribution is 2.49. The van der Waals surface area contributed by atoms with E-state index in [9.17, 15) is 4.79 Å². The minimum atomic E-state index is -0.689. The molecule has 1 fully saturated rings. The van der Waals surface area contributed by atoms with Crippen molar-refractivity contribution >= 4 is 28.6 Å². The standard InChI is InChI=1S/C15H13N3O2S2/c1-8-12(6-18(17-8)15-16-2-3-21-15)13-4-9(7-22-13)10-5-11(10)14(19)20/h2-4,6-7,10-11H,5H2,1H3,(H,19,20)/t10-,11+/m0/s1. The molecule has 0 spiro atoms. The SMILES string of the molecule is Cc1nn(-c2nccs2)cc1-c1cc([C@@H]2C[C@H]2C(=O)O)cs1. The number of aromatic nitrogens is 3. The van der Waals surface area contributed by atoms with Gasteiger partial charge in [0.1, 0.15) is 0 Å². The van der Waals surface area contributed by atoms with Gasteiger partial charge in [-0.15, -0.1) is 22.7 Å². The van der Waals surface area contributed by atoms with Crippen LogP contribution < -0.4 is 0 Å². The molecule has 0 unspecified atom stereocenters. The number of carbonyl (C=O) groups is 1. The predicted molar refractivity (Wildman–Crippen MR) is 85.8 cm³/mol. The third kappa shape index (κ3) is 2.26. The molecule has 3 heterocycles. The van der Waals surface area contributed by atoms with Crippen LogP contribution in [0.15, 0.2) is 29.2 Å². The van der Waals surface area contributed by atoms with Crippen molar-refractivity contribution in [2.45, 2.75) is 19.3 Å². The van der Waals surface area contributed by atoms with Crippen molar-refractivity contribution in [2.75, 3.05) is 0 Å². The highest BCUT2D eigenvalue weighted by Gasteiger charge is 2.44. The highest BCUT2D eigenvalue weighted by molar-refractivity contribution is 7.13. The second-order valence-corrected chi connectivity index (χ2v) is 7.20. The number of aliphatic carboxylic acids is 1. The van der Waals surface area contributed by atoms with Gasteiger partial charge in [0.05, 0.1) is 11.6 Å². The zero-order chi connectivity index (χ0) is 15.3. The second kappa shape index (κ2) is 5.03. The lowest BCUT2D eigenvalue weighted by Crippen LogP contribution is -1.98. The second-order valence-electron chi connectivity index (χ2n) is 5.42. The van der Waals surface area contributed by atoms with Gasteiger partial charge in [0.25, 0.3) is 0 Å². The summed E-state index contributed by atoms with van der Waals surface area (Å²) in [4.78, 5) is 16.4. The van der Waals surface area contributed by atoms with Crippen molar-refractivity contribution in [1.29, 1.82) is 0 Å². The van der Waals surface area contributed by atoms with E-state index in [0.717, 1.165) is 33.3 Å². The molecule has 7 heteroatoms. The van der Waals surface area contributed by atoms with E-state index in [4.69, 9.17) is 5.11 Å². The molecule has 4 rings (SSSR count). The van der Waals surface area contributed by atoms with Gasteiger partial charge >= 0.3 is 5.97 Å². The summed E-state index contributed by atoms with van der Waals surface area (Å²) in [5.74, 6) is -0.719.